The van der Waals surface area contributed by atoms with Crippen LogP contribution >= 0.6 is 11.6 Å². The fraction of sp³-hybridized carbons (Fsp3) is 0.375. The molecular weight excluding hydrogens is 347 g/mol. The van der Waals surface area contributed by atoms with E-state index in [-0.39, 0.29) is 15.8 Å². The Morgan fingerprint density at radius 1 is 1.24 bits per heavy atom. The summed E-state index contributed by atoms with van der Waals surface area (Å²) < 4.78 is 6.68. The van der Waals surface area contributed by atoms with Gasteiger partial charge < -0.3 is 0 Å². The van der Waals surface area contributed by atoms with Crippen molar-refractivity contribution in [3.63, 3.8) is 0 Å². The van der Waals surface area contributed by atoms with Gasteiger partial charge in [-0.15, -0.1) is 0 Å². The summed E-state index contributed by atoms with van der Waals surface area (Å²) in [6.45, 7) is 1.85. The SMILES string of the molecule is Clc1cnccc1-c1cccc([AsH]CC2CCOCC2)n1. The Bertz CT molecular complexity index is 602. The number of ether oxygens (including phenoxy) is 1. The van der Waals surface area contributed by atoms with Gasteiger partial charge in [0.25, 0.3) is 0 Å². The first-order valence-electron chi connectivity index (χ1n) is 7.21. The first-order chi connectivity index (χ1) is 10.3. The number of hydrogen-bond acceptors (Lipinski definition) is 3. The van der Waals surface area contributed by atoms with E-state index in [0.717, 1.165) is 30.4 Å². The molecule has 0 spiro atoms. The van der Waals surface area contributed by atoms with Gasteiger partial charge in [-0.3, -0.25) is 0 Å². The van der Waals surface area contributed by atoms with E-state index >= 15 is 0 Å². The molecule has 1 saturated heterocycles. The molecule has 1 aliphatic rings. The quantitative estimate of drug-likeness (QED) is 0.783. The van der Waals surface area contributed by atoms with Gasteiger partial charge >= 0.3 is 137 Å². The molecule has 0 radical (unpaired) electrons. The van der Waals surface area contributed by atoms with Crippen LogP contribution in [0.25, 0.3) is 11.3 Å². The number of nitrogens with zero attached hydrogens (tertiary/aromatic N) is 2. The van der Waals surface area contributed by atoms with Crippen LogP contribution in [0, 0.1) is 5.92 Å². The molecule has 3 nitrogen and oxygen atoms in total. The van der Waals surface area contributed by atoms with Crippen molar-refractivity contribution in [1.29, 1.82) is 0 Å². The van der Waals surface area contributed by atoms with Gasteiger partial charge in [-0.2, -0.15) is 0 Å². The van der Waals surface area contributed by atoms with Crippen LogP contribution in [-0.2, 0) is 4.74 Å². The Labute approximate surface area is 136 Å². The maximum absolute atomic E-state index is 6.20. The molecule has 1 atom stereocenters. The first-order valence-corrected chi connectivity index (χ1v) is 10.1. The van der Waals surface area contributed by atoms with Gasteiger partial charge in [0, 0.05) is 0 Å². The molecule has 0 amide bonds. The second-order valence-corrected chi connectivity index (χ2v) is 8.28. The van der Waals surface area contributed by atoms with E-state index in [4.69, 9.17) is 21.3 Å². The summed E-state index contributed by atoms with van der Waals surface area (Å²) in [6, 6.07) is 8.18. The molecule has 5 heteroatoms. The molecule has 0 aliphatic carbocycles. The van der Waals surface area contributed by atoms with E-state index in [1.807, 2.05) is 12.1 Å². The molecule has 2 aromatic heterocycles. The van der Waals surface area contributed by atoms with Crippen molar-refractivity contribution in [3.05, 3.63) is 41.7 Å². The van der Waals surface area contributed by atoms with E-state index in [9.17, 15) is 0 Å². The minimum atomic E-state index is -0.187. The zero-order valence-electron chi connectivity index (χ0n) is 11.8. The molecule has 21 heavy (non-hydrogen) atoms. The zero-order valence-corrected chi connectivity index (χ0v) is 14.6. The van der Waals surface area contributed by atoms with Crippen molar-refractivity contribution >= 4 is 31.8 Å². The van der Waals surface area contributed by atoms with E-state index in [1.165, 1.54) is 22.5 Å². The second kappa shape index (κ2) is 7.40. The van der Waals surface area contributed by atoms with Crippen molar-refractivity contribution in [2.24, 2.45) is 5.92 Å². The number of aromatic nitrogens is 2. The molecule has 0 saturated carbocycles. The summed E-state index contributed by atoms with van der Waals surface area (Å²) in [4.78, 5) is 8.83. The number of halogens is 1. The summed E-state index contributed by atoms with van der Waals surface area (Å²) in [5.74, 6) is 0.828. The van der Waals surface area contributed by atoms with Gasteiger partial charge in [-0.1, -0.05) is 0 Å². The third-order valence-corrected chi connectivity index (χ3v) is 7.00. The number of pyridine rings is 2. The van der Waals surface area contributed by atoms with Crippen molar-refractivity contribution in [2.75, 3.05) is 13.2 Å². The summed E-state index contributed by atoms with van der Waals surface area (Å²) in [5, 5.41) is 1.97. The minimum absolute atomic E-state index is 0.187. The fourth-order valence-corrected chi connectivity index (χ4v) is 5.45. The Morgan fingerprint density at radius 2 is 2.10 bits per heavy atom. The normalized spacial score (nSPS) is 16.6. The molecule has 110 valence electrons. The predicted molar refractivity (Wildman–Crippen MR) is 87.6 cm³/mol. The Kier molecular flexibility index (Phi) is 5.29. The van der Waals surface area contributed by atoms with Crippen LogP contribution in [0.1, 0.15) is 12.8 Å². The van der Waals surface area contributed by atoms with Crippen LogP contribution in [0.3, 0.4) is 0 Å². The molecule has 0 bridgehead atoms. The molecule has 1 fully saturated rings. The van der Waals surface area contributed by atoms with Crippen LogP contribution in [0.5, 0.6) is 0 Å². The van der Waals surface area contributed by atoms with Gasteiger partial charge in [0.1, 0.15) is 0 Å². The van der Waals surface area contributed by atoms with Crippen molar-refractivity contribution in [3.8, 4) is 11.3 Å². The zero-order chi connectivity index (χ0) is 14.5. The summed E-state index contributed by atoms with van der Waals surface area (Å²) in [6.07, 6.45) is 5.84. The van der Waals surface area contributed by atoms with Gasteiger partial charge in [0.2, 0.25) is 0 Å². The molecular formula is C16H18AsClN2O. The van der Waals surface area contributed by atoms with Crippen LogP contribution in [0.4, 0.5) is 0 Å². The van der Waals surface area contributed by atoms with E-state index in [2.05, 4.69) is 17.1 Å². The first kappa shape index (κ1) is 15.0. The van der Waals surface area contributed by atoms with Crippen LogP contribution < -0.4 is 4.48 Å². The molecule has 1 unspecified atom stereocenters. The third-order valence-electron chi connectivity index (χ3n) is 3.71. The number of hydrogen-bond donors (Lipinski definition) is 0. The Morgan fingerprint density at radius 3 is 2.90 bits per heavy atom. The van der Waals surface area contributed by atoms with Crippen LogP contribution in [-0.4, -0.2) is 38.9 Å². The summed E-state index contributed by atoms with van der Waals surface area (Å²) in [7, 11) is 0. The maximum atomic E-state index is 6.20. The van der Waals surface area contributed by atoms with E-state index in [0.29, 0.717) is 5.02 Å². The summed E-state index contributed by atoms with van der Waals surface area (Å²) in [5.41, 5.74) is 1.92. The molecule has 0 N–H and O–H groups in total. The Balaban J connectivity index is 1.70. The average Bonchev–Trinajstić information content (AvgIpc) is 2.55. The van der Waals surface area contributed by atoms with Gasteiger partial charge in [0.05, 0.1) is 0 Å². The third kappa shape index (κ3) is 4.06. The van der Waals surface area contributed by atoms with Crippen molar-refractivity contribution < 1.29 is 4.74 Å². The molecule has 3 heterocycles. The van der Waals surface area contributed by atoms with Gasteiger partial charge in [-0.05, 0) is 0 Å². The number of rotatable bonds is 4. The molecule has 3 rings (SSSR count). The molecule has 2 aromatic rings. The van der Waals surface area contributed by atoms with Gasteiger partial charge in [-0.25, -0.2) is 0 Å². The standard InChI is InChI=1S/C16H18AsClN2O/c18-14-11-19-7-4-13(14)15-2-1-3-16(20-15)17-10-12-5-8-21-9-6-12/h1-4,7,11-12,17H,5-6,8-10H2. The topological polar surface area (TPSA) is 35.0 Å². The fourth-order valence-electron chi connectivity index (χ4n) is 2.47. The second-order valence-electron chi connectivity index (χ2n) is 5.20. The van der Waals surface area contributed by atoms with Gasteiger partial charge in [0.15, 0.2) is 0 Å². The predicted octanol–water partition coefficient (Wildman–Crippen LogP) is 2.70. The van der Waals surface area contributed by atoms with E-state index in [1.54, 1.807) is 12.4 Å². The average molecular weight is 365 g/mol. The molecule has 1 aliphatic heterocycles. The monoisotopic (exact) mass is 364 g/mol. The van der Waals surface area contributed by atoms with E-state index < -0.39 is 0 Å². The van der Waals surface area contributed by atoms with Crippen LogP contribution in [0.15, 0.2) is 36.7 Å². The van der Waals surface area contributed by atoms with Crippen LogP contribution in [0.2, 0.25) is 10.2 Å². The van der Waals surface area contributed by atoms with Crippen molar-refractivity contribution in [2.45, 2.75) is 18.1 Å². The molecule has 0 aromatic carbocycles. The summed E-state index contributed by atoms with van der Waals surface area (Å²) >= 11 is 6.02. The Hall–Kier alpha value is -0.892. The van der Waals surface area contributed by atoms with Crippen molar-refractivity contribution in [1.82, 2.24) is 9.97 Å².